The first-order valence-electron chi connectivity index (χ1n) is 12.5. The van der Waals surface area contributed by atoms with Crippen molar-refractivity contribution in [3.8, 4) is 28.6 Å². The Kier molecular flexibility index (Phi) is 7.40. The number of aliphatic carboxylic acids is 1. The highest BCUT2D eigenvalue weighted by Crippen LogP contribution is 2.32. The Morgan fingerprint density at radius 3 is 2.49 bits per heavy atom. The SMILES string of the molecule is Cc1cc(OC(c2ccc(OC(C)C)cc2)c2nc(-c3cnc4ccccc4c3)n[nH]2)ccc1OCC(=O)O. The third-order valence-corrected chi connectivity index (χ3v) is 5.91. The van der Waals surface area contributed by atoms with Crippen LogP contribution in [-0.2, 0) is 4.79 Å². The minimum atomic E-state index is -1.04. The van der Waals surface area contributed by atoms with E-state index in [1.54, 1.807) is 24.4 Å². The van der Waals surface area contributed by atoms with Crippen LogP contribution >= 0.6 is 0 Å². The van der Waals surface area contributed by atoms with Gasteiger partial charge in [0.15, 0.2) is 24.4 Å². The lowest BCUT2D eigenvalue weighted by atomic mass is 10.1. The zero-order chi connectivity index (χ0) is 27.4. The van der Waals surface area contributed by atoms with Crippen molar-refractivity contribution in [2.24, 2.45) is 0 Å². The van der Waals surface area contributed by atoms with Crippen LogP contribution in [0.15, 0.2) is 79.0 Å². The number of hydrogen-bond donors (Lipinski definition) is 2. The quantitative estimate of drug-likeness (QED) is 0.237. The summed E-state index contributed by atoms with van der Waals surface area (Å²) in [5, 5.41) is 17.4. The van der Waals surface area contributed by atoms with Crippen LogP contribution in [0.5, 0.6) is 17.2 Å². The number of aryl methyl sites for hydroxylation is 1. The maximum atomic E-state index is 10.9. The van der Waals surface area contributed by atoms with E-state index in [0.29, 0.717) is 23.1 Å². The van der Waals surface area contributed by atoms with E-state index >= 15 is 0 Å². The molecule has 0 fully saturated rings. The Labute approximate surface area is 225 Å². The molecule has 0 radical (unpaired) electrons. The Hall–Kier alpha value is -4.92. The standard InChI is InChI=1S/C30H28N4O5/c1-18(2)38-23-10-8-20(9-11-23)28(39-24-12-13-26(19(3)14-24)37-17-27(35)36)30-32-29(33-34-30)22-15-21-6-4-5-7-25(21)31-16-22/h4-16,18,28H,17H2,1-3H3,(H,35,36)(H,32,33,34). The molecule has 1 unspecified atom stereocenters. The number of nitrogens with zero attached hydrogens (tertiary/aromatic N) is 3. The molecule has 0 saturated heterocycles. The molecule has 0 saturated carbocycles. The first-order valence-corrected chi connectivity index (χ1v) is 12.5. The topological polar surface area (TPSA) is 119 Å². The van der Waals surface area contributed by atoms with Gasteiger partial charge in [0.05, 0.1) is 11.6 Å². The van der Waals surface area contributed by atoms with Crippen molar-refractivity contribution in [3.05, 3.63) is 95.9 Å². The number of rotatable bonds is 10. The van der Waals surface area contributed by atoms with Gasteiger partial charge in [0.1, 0.15) is 17.2 Å². The highest BCUT2D eigenvalue weighted by Gasteiger charge is 2.22. The number of aromatic nitrogens is 4. The van der Waals surface area contributed by atoms with Gasteiger partial charge in [0.2, 0.25) is 0 Å². The normalized spacial score (nSPS) is 11.9. The minimum Gasteiger partial charge on any atom is -0.491 e. The first kappa shape index (κ1) is 25.7. The molecule has 198 valence electrons. The number of ether oxygens (including phenoxy) is 3. The molecule has 9 nitrogen and oxygen atoms in total. The molecule has 0 bridgehead atoms. The molecule has 0 aliphatic rings. The molecule has 3 aromatic carbocycles. The average molecular weight is 525 g/mol. The van der Waals surface area contributed by atoms with Gasteiger partial charge in [0.25, 0.3) is 0 Å². The van der Waals surface area contributed by atoms with E-state index in [1.807, 2.05) is 75.4 Å². The summed E-state index contributed by atoms with van der Waals surface area (Å²) in [6.45, 7) is 5.36. The summed E-state index contributed by atoms with van der Waals surface area (Å²) in [4.78, 5) is 20.2. The molecule has 39 heavy (non-hydrogen) atoms. The van der Waals surface area contributed by atoms with Crippen molar-refractivity contribution in [1.29, 1.82) is 0 Å². The molecular formula is C30H28N4O5. The summed E-state index contributed by atoms with van der Waals surface area (Å²) < 4.78 is 17.6. The fraction of sp³-hybridized carbons (Fsp3) is 0.200. The molecule has 2 heterocycles. The minimum absolute atomic E-state index is 0.0557. The van der Waals surface area contributed by atoms with Gasteiger partial charge in [-0.1, -0.05) is 30.3 Å². The molecule has 0 aliphatic carbocycles. The fourth-order valence-electron chi connectivity index (χ4n) is 4.12. The molecule has 2 N–H and O–H groups in total. The van der Waals surface area contributed by atoms with Crippen LogP contribution in [0.1, 0.15) is 36.9 Å². The summed E-state index contributed by atoms with van der Waals surface area (Å²) in [5.41, 5.74) is 3.27. The lowest BCUT2D eigenvalue weighted by Crippen LogP contribution is -2.12. The molecular weight excluding hydrogens is 496 g/mol. The number of benzene rings is 3. The largest absolute Gasteiger partial charge is 0.491 e. The maximum absolute atomic E-state index is 10.9. The molecule has 2 aromatic heterocycles. The van der Waals surface area contributed by atoms with Crippen LogP contribution in [0.25, 0.3) is 22.3 Å². The summed E-state index contributed by atoms with van der Waals surface area (Å²) in [5.74, 6) is 1.77. The summed E-state index contributed by atoms with van der Waals surface area (Å²) in [6.07, 6.45) is 1.20. The lowest BCUT2D eigenvalue weighted by molar-refractivity contribution is -0.139. The number of H-pyrrole nitrogens is 1. The fourth-order valence-corrected chi connectivity index (χ4v) is 4.12. The summed E-state index contributed by atoms with van der Waals surface area (Å²) in [7, 11) is 0. The van der Waals surface area contributed by atoms with Crippen molar-refractivity contribution >= 4 is 16.9 Å². The third kappa shape index (κ3) is 6.15. The molecule has 0 spiro atoms. The number of hydrogen-bond acceptors (Lipinski definition) is 7. The first-order chi connectivity index (χ1) is 18.9. The molecule has 9 heteroatoms. The monoisotopic (exact) mass is 524 g/mol. The van der Waals surface area contributed by atoms with Crippen LogP contribution in [0.2, 0.25) is 0 Å². The van der Waals surface area contributed by atoms with Gasteiger partial charge < -0.3 is 19.3 Å². The predicted molar refractivity (Wildman–Crippen MR) is 146 cm³/mol. The van der Waals surface area contributed by atoms with Crippen LogP contribution in [0.4, 0.5) is 0 Å². The molecule has 5 aromatic rings. The van der Waals surface area contributed by atoms with E-state index in [9.17, 15) is 4.79 Å². The Bertz CT molecular complexity index is 1600. The third-order valence-electron chi connectivity index (χ3n) is 5.91. The van der Waals surface area contributed by atoms with Crippen molar-refractivity contribution in [3.63, 3.8) is 0 Å². The van der Waals surface area contributed by atoms with Gasteiger partial charge in [-0.3, -0.25) is 10.1 Å². The van der Waals surface area contributed by atoms with Gasteiger partial charge in [-0.25, -0.2) is 9.78 Å². The highest BCUT2D eigenvalue weighted by atomic mass is 16.5. The predicted octanol–water partition coefficient (Wildman–Crippen LogP) is 5.75. The molecule has 5 rings (SSSR count). The smallest absolute Gasteiger partial charge is 0.341 e. The summed E-state index contributed by atoms with van der Waals surface area (Å²) >= 11 is 0. The number of para-hydroxylation sites is 1. The van der Waals surface area contributed by atoms with E-state index < -0.39 is 18.7 Å². The number of pyridine rings is 1. The van der Waals surface area contributed by atoms with Crippen molar-refractivity contribution in [1.82, 2.24) is 20.2 Å². The Morgan fingerprint density at radius 2 is 1.74 bits per heavy atom. The van der Waals surface area contributed by atoms with Gasteiger partial charge in [0, 0.05) is 22.7 Å². The van der Waals surface area contributed by atoms with Crippen molar-refractivity contribution in [2.75, 3.05) is 6.61 Å². The van der Waals surface area contributed by atoms with E-state index in [1.165, 1.54) is 0 Å². The zero-order valence-electron chi connectivity index (χ0n) is 21.8. The number of carboxylic acid groups (broad SMARTS) is 1. The lowest BCUT2D eigenvalue weighted by Gasteiger charge is -2.19. The van der Waals surface area contributed by atoms with E-state index in [2.05, 4.69) is 15.2 Å². The van der Waals surface area contributed by atoms with Crippen LogP contribution in [0.3, 0.4) is 0 Å². The number of fused-ring (bicyclic) bond motifs is 1. The molecule has 1 atom stereocenters. The van der Waals surface area contributed by atoms with Gasteiger partial charge in [-0.05, 0) is 68.8 Å². The Morgan fingerprint density at radius 1 is 0.974 bits per heavy atom. The average Bonchev–Trinajstić information content (AvgIpc) is 3.41. The maximum Gasteiger partial charge on any atom is 0.341 e. The van der Waals surface area contributed by atoms with Crippen LogP contribution in [0, 0.1) is 6.92 Å². The summed E-state index contributed by atoms with van der Waals surface area (Å²) in [6, 6.07) is 22.7. The van der Waals surface area contributed by atoms with E-state index in [4.69, 9.17) is 24.3 Å². The Balaban J connectivity index is 1.46. The highest BCUT2D eigenvalue weighted by molar-refractivity contribution is 5.82. The second kappa shape index (κ2) is 11.2. The molecule has 0 aliphatic heterocycles. The van der Waals surface area contributed by atoms with Crippen molar-refractivity contribution in [2.45, 2.75) is 33.0 Å². The zero-order valence-corrected chi connectivity index (χ0v) is 21.8. The van der Waals surface area contributed by atoms with Crippen LogP contribution in [-0.4, -0.2) is 44.0 Å². The van der Waals surface area contributed by atoms with Gasteiger partial charge in [-0.15, -0.1) is 0 Å². The van der Waals surface area contributed by atoms with Gasteiger partial charge in [-0.2, -0.15) is 5.10 Å². The number of carboxylic acids is 1. The second-order valence-electron chi connectivity index (χ2n) is 9.30. The number of nitrogens with one attached hydrogen (secondary N) is 1. The van der Waals surface area contributed by atoms with Crippen LogP contribution < -0.4 is 14.2 Å². The van der Waals surface area contributed by atoms with Crippen molar-refractivity contribution < 1.29 is 24.1 Å². The van der Waals surface area contributed by atoms with E-state index in [0.717, 1.165) is 33.3 Å². The second-order valence-corrected chi connectivity index (χ2v) is 9.30. The number of aromatic amines is 1. The van der Waals surface area contributed by atoms with Gasteiger partial charge >= 0.3 is 5.97 Å². The van der Waals surface area contributed by atoms with E-state index in [-0.39, 0.29) is 6.10 Å². The number of carbonyl (C=O) groups is 1. The molecule has 0 amide bonds.